The van der Waals surface area contributed by atoms with Crippen LogP contribution in [0.15, 0.2) is 18.2 Å². The molecule has 0 bridgehead atoms. The van der Waals surface area contributed by atoms with Gasteiger partial charge in [-0.25, -0.2) is 0 Å². The SMILES string of the molecule is O=C(c1cc(O)cc(O)c1)N1CC2CCCNC2C1. The van der Waals surface area contributed by atoms with Crippen molar-refractivity contribution in [2.75, 3.05) is 19.6 Å². The van der Waals surface area contributed by atoms with Crippen LogP contribution >= 0.6 is 0 Å². The summed E-state index contributed by atoms with van der Waals surface area (Å²) in [6.45, 7) is 2.49. The van der Waals surface area contributed by atoms with Crippen LogP contribution in [0.1, 0.15) is 23.2 Å². The van der Waals surface area contributed by atoms with Gasteiger partial charge in [0.2, 0.25) is 0 Å². The average Bonchev–Trinajstić information content (AvgIpc) is 2.80. The molecule has 2 saturated heterocycles. The second-order valence-corrected chi connectivity index (χ2v) is 5.41. The molecule has 1 aromatic carbocycles. The predicted octanol–water partition coefficient (Wildman–Crippen LogP) is 0.922. The highest BCUT2D eigenvalue weighted by Gasteiger charge is 2.36. The van der Waals surface area contributed by atoms with Gasteiger partial charge in [-0.15, -0.1) is 0 Å². The van der Waals surface area contributed by atoms with E-state index in [0.29, 0.717) is 24.1 Å². The summed E-state index contributed by atoms with van der Waals surface area (Å²) < 4.78 is 0. The first-order chi connectivity index (χ1) is 9.13. The summed E-state index contributed by atoms with van der Waals surface area (Å²) in [5.74, 6) is 0.238. The lowest BCUT2D eigenvalue weighted by atomic mass is 9.94. The summed E-state index contributed by atoms with van der Waals surface area (Å²) in [7, 11) is 0. The van der Waals surface area contributed by atoms with Crippen LogP contribution in [0, 0.1) is 5.92 Å². The smallest absolute Gasteiger partial charge is 0.254 e. The van der Waals surface area contributed by atoms with Gasteiger partial charge in [-0.1, -0.05) is 0 Å². The molecule has 2 heterocycles. The van der Waals surface area contributed by atoms with E-state index in [1.54, 1.807) is 0 Å². The number of nitrogens with one attached hydrogen (secondary N) is 1. The fourth-order valence-corrected chi connectivity index (χ4v) is 3.11. The molecule has 1 amide bonds. The van der Waals surface area contributed by atoms with Crippen LogP contribution in [-0.4, -0.2) is 46.7 Å². The van der Waals surface area contributed by atoms with Crippen LogP contribution in [0.2, 0.25) is 0 Å². The average molecular weight is 262 g/mol. The molecule has 2 unspecified atom stereocenters. The predicted molar refractivity (Wildman–Crippen MR) is 70.2 cm³/mol. The van der Waals surface area contributed by atoms with Gasteiger partial charge in [0.15, 0.2) is 0 Å². The number of piperidine rings is 1. The van der Waals surface area contributed by atoms with Gasteiger partial charge in [-0.05, 0) is 37.4 Å². The Labute approximate surface area is 111 Å². The number of aromatic hydroxyl groups is 2. The van der Waals surface area contributed by atoms with Gasteiger partial charge in [0.1, 0.15) is 11.5 Å². The number of hydrogen-bond donors (Lipinski definition) is 3. The van der Waals surface area contributed by atoms with E-state index < -0.39 is 0 Å². The molecule has 2 fully saturated rings. The monoisotopic (exact) mass is 262 g/mol. The summed E-state index contributed by atoms with van der Waals surface area (Å²) in [6, 6.07) is 4.42. The number of carbonyl (C=O) groups is 1. The molecule has 5 heteroatoms. The number of carbonyl (C=O) groups excluding carboxylic acids is 1. The van der Waals surface area contributed by atoms with Crippen LogP contribution < -0.4 is 5.32 Å². The second-order valence-electron chi connectivity index (χ2n) is 5.41. The summed E-state index contributed by atoms with van der Waals surface area (Å²) >= 11 is 0. The van der Waals surface area contributed by atoms with Crippen molar-refractivity contribution in [2.24, 2.45) is 5.92 Å². The molecule has 2 atom stereocenters. The van der Waals surface area contributed by atoms with E-state index in [2.05, 4.69) is 5.32 Å². The van der Waals surface area contributed by atoms with Gasteiger partial charge in [0.25, 0.3) is 5.91 Å². The summed E-state index contributed by atoms with van der Waals surface area (Å²) in [5, 5.41) is 22.3. The third-order valence-corrected chi connectivity index (χ3v) is 4.04. The number of benzene rings is 1. The van der Waals surface area contributed by atoms with E-state index in [4.69, 9.17) is 0 Å². The molecule has 5 nitrogen and oxygen atoms in total. The normalized spacial score (nSPS) is 26.2. The first kappa shape index (κ1) is 12.3. The molecule has 2 aliphatic heterocycles. The number of nitrogens with zero attached hydrogens (tertiary/aromatic N) is 1. The third-order valence-electron chi connectivity index (χ3n) is 4.04. The second kappa shape index (κ2) is 4.74. The molecule has 19 heavy (non-hydrogen) atoms. The van der Waals surface area contributed by atoms with Gasteiger partial charge in [0, 0.05) is 30.8 Å². The molecule has 0 spiro atoms. The van der Waals surface area contributed by atoms with E-state index >= 15 is 0 Å². The van der Waals surface area contributed by atoms with Gasteiger partial charge in [0.05, 0.1) is 0 Å². The number of phenolic OH excluding ortho intramolecular Hbond substituents is 2. The maximum absolute atomic E-state index is 12.4. The molecule has 0 aliphatic carbocycles. The molecule has 0 aromatic heterocycles. The van der Waals surface area contributed by atoms with Gasteiger partial charge < -0.3 is 20.4 Å². The topological polar surface area (TPSA) is 72.8 Å². The van der Waals surface area contributed by atoms with Crippen LogP contribution in [-0.2, 0) is 0 Å². The Balaban J connectivity index is 1.77. The zero-order valence-corrected chi connectivity index (χ0v) is 10.7. The maximum atomic E-state index is 12.4. The number of amides is 1. The molecule has 3 rings (SSSR count). The first-order valence-corrected chi connectivity index (χ1v) is 6.69. The molecule has 0 saturated carbocycles. The molecule has 3 N–H and O–H groups in total. The fourth-order valence-electron chi connectivity index (χ4n) is 3.11. The lowest BCUT2D eigenvalue weighted by Gasteiger charge is -2.24. The Bertz CT molecular complexity index is 469. The Kier molecular flexibility index (Phi) is 3.06. The standard InChI is InChI=1S/C14H18N2O3/c17-11-4-10(5-12(18)6-11)14(19)16-7-9-2-1-3-15-13(9)8-16/h4-6,9,13,15,17-18H,1-3,7-8H2. The van der Waals surface area contributed by atoms with Crippen molar-refractivity contribution in [3.05, 3.63) is 23.8 Å². The van der Waals surface area contributed by atoms with Gasteiger partial charge in [-0.3, -0.25) is 4.79 Å². The molecular weight excluding hydrogens is 244 g/mol. The highest BCUT2D eigenvalue weighted by Crippen LogP contribution is 2.27. The van der Waals surface area contributed by atoms with Crippen LogP contribution in [0.3, 0.4) is 0 Å². The number of hydrogen-bond acceptors (Lipinski definition) is 4. The summed E-state index contributed by atoms with van der Waals surface area (Å²) in [4.78, 5) is 14.2. The lowest BCUT2D eigenvalue weighted by Crippen LogP contribution is -2.41. The minimum Gasteiger partial charge on any atom is -0.508 e. The third kappa shape index (κ3) is 2.38. The molecule has 102 valence electrons. The fraction of sp³-hybridized carbons (Fsp3) is 0.500. The van der Waals surface area contributed by atoms with Crippen molar-refractivity contribution in [1.82, 2.24) is 10.2 Å². The van der Waals surface area contributed by atoms with Crippen LogP contribution in [0.5, 0.6) is 11.5 Å². The van der Waals surface area contributed by atoms with E-state index in [9.17, 15) is 15.0 Å². The maximum Gasteiger partial charge on any atom is 0.254 e. The van der Waals surface area contributed by atoms with Crippen molar-refractivity contribution in [2.45, 2.75) is 18.9 Å². The van der Waals surface area contributed by atoms with Crippen molar-refractivity contribution in [3.8, 4) is 11.5 Å². The minimum absolute atomic E-state index is 0.0851. The zero-order valence-electron chi connectivity index (χ0n) is 10.7. The van der Waals surface area contributed by atoms with E-state index in [1.807, 2.05) is 4.90 Å². The highest BCUT2D eigenvalue weighted by molar-refractivity contribution is 5.95. The van der Waals surface area contributed by atoms with Gasteiger partial charge in [-0.2, -0.15) is 0 Å². The Morgan fingerprint density at radius 2 is 1.95 bits per heavy atom. The lowest BCUT2D eigenvalue weighted by molar-refractivity contribution is 0.0785. The van der Waals surface area contributed by atoms with Crippen molar-refractivity contribution >= 4 is 5.91 Å². The van der Waals surface area contributed by atoms with Gasteiger partial charge >= 0.3 is 0 Å². The molecular formula is C14H18N2O3. The van der Waals surface area contributed by atoms with E-state index in [0.717, 1.165) is 25.9 Å². The van der Waals surface area contributed by atoms with Crippen LogP contribution in [0.25, 0.3) is 0 Å². The Morgan fingerprint density at radius 3 is 2.63 bits per heavy atom. The number of likely N-dealkylation sites (tertiary alicyclic amines) is 1. The minimum atomic E-state index is -0.123. The molecule has 1 aromatic rings. The summed E-state index contributed by atoms with van der Waals surface area (Å²) in [6.07, 6.45) is 2.32. The number of phenols is 2. The number of rotatable bonds is 1. The Morgan fingerprint density at radius 1 is 1.21 bits per heavy atom. The largest absolute Gasteiger partial charge is 0.508 e. The Hall–Kier alpha value is -1.75. The molecule has 0 radical (unpaired) electrons. The van der Waals surface area contributed by atoms with Crippen molar-refractivity contribution < 1.29 is 15.0 Å². The van der Waals surface area contributed by atoms with E-state index in [-0.39, 0.29) is 17.4 Å². The molecule has 2 aliphatic rings. The van der Waals surface area contributed by atoms with Crippen molar-refractivity contribution in [3.63, 3.8) is 0 Å². The zero-order chi connectivity index (χ0) is 13.4. The highest BCUT2D eigenvalue weighted by atomic mass is 16.3. The van der Waals surface area contributed by atoms with E-state index in [1.165, 1.54) is 18.2 Å². The first-order valence-electron chi connectivity index (χ1n) is 6.69. The number of fused-ring (bicyclic) bond motifs is 1. The van der Waals surface area contributed by atoms with Crippen LogP contribution in [0.4, 0.5) is 0 Å². The van der Waals surface area contributed by atoms with Crippen molar-refractivity contribution in [1.29, 1.82) is 0 Å². The quantitative estimate of drug-likeness (QED) is 0.704. The summed E-state index contributed by atoms with van der Waals surface area (Å²) in [5.41, 5.74) is 0.344.